The summed E-state index contributed by atoms with van der Waals surface area (Å²) in [4.78, 5) is 15.8. The molecule has 0 aliphatic rings. The predicted molar refractivity (Wildman–Crippen MR) is 121 cm³/mol. The molecule has 2 aromatic rings. The number of carbonyl (C=O) groups excluding carboxylic acids is 1. The SMILES string of the molecule is COCCOCCOCCOCCOc1cccc2[nH]cc(CC(OC(=O)C(F)(F)F)N(C)C)c12. The maximum Gasteiger partial charge on any atom is 0.490 e. The van der Waals surface area contributed by atoms with Gasteiger partial charge in [-0.15, -0.1) is 0 Å². The van der Waals surface area contributed by atoms with Crippen molar-refractivity contribution in [3.63, 3.8) is 0 Å². The van der Waals surface area contributed by atoms with E-state index in [9.17, 15) is 18.0 Å². The lowest BCUT2D eigenvalue weighted by atomic mass is 10.1. The van der Waals surface area contributed by atoms with E-state index >= 15 is 0 Å². The fourth-order valence-electron chi connectivity index (χ4n) is 3.10. The number of carbonyl (C=O) groups is 1. The van der Waals surface area contributed by atoms with Crippen molar-refractivity contribution in [1.82, 2.24) is 9.88 Å². The minimum absolute atomic E-state index is 0.0399. The number of hydrogen-bond acceptors (Lipinski definition) is 8. The van der Waals surface area contributed by atoms with Crippen molar-refractivity contribution < 1.29 is 46.4 Å². The Kier molecular flexibility index (Phi) is 12.3. The molecule has 35 heavy (non-hydrogen) atoms. The van der Waals surface area contributed by atoms with E-state index in [2.05, 4.69) is 9.72 Å². The second-order valence-electron chi connectivity index (χ2n) is 7.70. The van der Waals surface area contributed by atoms with Gasteiger partial charge < -0.3 is 33.4 Å². The highest BCUT2D eigenvalue weighted by molar-refractivity contribution is 5.89. The van der Waals surface area contributed by atoms with Crippen LogP contribution in [0.5, 0.6) is 5.75 Å². The van der Waals surface area contributed by atoms with Crippen LogP contribution in [0.1, 0.15) is 5.56 Å². The number of aromatic nitrogens is 1. The molecule has 0 saturated heterocycles. The molecular formula is C23H33F3N2O7. The van der Waals surface area contributed by atoms with Gasteiger partial charge in [0.2, 0.25) is 0 Å². The number of hydrogen-bond donors (Lipinski definition) is 1. The first-order valence-electron chi connectivity index (χ1n) is 11.1. The molecular weight excluding hydrogens is 473 g/mol. The molecule has 0 amide bonds. The first-order valence-corrected chi connectivity index (χ1v) is 11.1. The lowest BCUT2D eigenvalue weighted by molar-refractivity contribution is -0.211. The number of ether oxygens (including phenoxy) is 6. The van der Waals surface area contributed by atoms with Crippen LogP contribution in [0.4, 0.5) is 13.2 Å². The van der Waals surface area contributed by atoms with Crippen LogP contribution in [0.3, 0.4) is 0 Å². The van der Waals surface area contributed by atoms with Gasteiger partial charge in [-0.25, -0.2) is 4.79 Å². The molecule has 0 fully saturated rings. The van der Waals surface area contributed by atoms with Crippen molar-refractivity contribution in [1.29, 1.82) is 0 Å². The van der Waals surface area contributed by atoms with Gasteiger partial charge in [-0.3, -0.25) is 4.90 Å². The Hall–Kier alpha value is -2.38. The zero-order chi connectivity index (χ0) is 25.7. The summed E-state index contributed by atoms with van der Waals surface area (Å²) < 4.78 is 69.6. The summed E-state index contributed by atoms with van der Waals surface area (Å²) in [5, 5.41) is 0.708. The number of methoxy groups -OCH3 is 1. The number of alkyl halides is 3. The number of aromatic amines is 1. The number of halogens is 3. The van der Waals surface area contributed by atoms with Crippen molar-refractivity contribution in [2.45, 2.75) is 18.8 Å². The molecule has 0 spiro atoms. The minimum Gasteiger partial charge on any atom is -0.490 e. The first-order chi connectivity index (χ1) is 16.7. The maximum atomic E-state index is 12.7. The molecule has 198 valence electrons. The van der Waals surface area contributed by atoms with Crippen LogP contribution in [-0.4, -0.2) is 102 Å². The zero-order valence-corrected chi connectivity index (χ0v) is 20.2. The Morgan fingerprint density at radius 1 is 0.971 bits per heavy atom. The minimum atomic E-state index is -5.06. The van der Waals surface area contributed by atoms with Crippen LogP contribution in [0.2, 0.25) is 0 Å². The predicted octanol–water partition coefficient (Wildman–Crippen LogP) is 2.78. The average molecular weight is 507 g/mol. The largest absolute Gasteiger partial charge is 0.490 e. The Morgan fingerprint density at radius 2 is 1.57 bits per heavy atom. The van der Waals surface area contributed by atoms with Crippen LogP contribution in [0.15, 0.2) is 24.4 Å². The monoisotopic (exact) mass is 506 g/mol. The summed E-state index contributed by atoms with van der Waals surface area (Å²) in [7, 11) is 4.69. The van der Waals surface area contributed by atoms with Crippen molar-refractivity contribution in [3.05, 3.63) is 30.0 Å². The molecule has 1 N–H and O–H groups in total. The Balaban J connectivity index is 1.83. The number of likely N-dealkylation sites (N-methyl/N-ethyl adjacent to an activating group) is 1. The van der Waals surface area contributed by atoms with E-state index in [-0.39, 0.29) is 13.0 Å². The molecule has 1 aromatic carbocycles. The van der Waals surface area contributed by atoms with E-state index in [0.717, 1.165) is 5.52 Å². The molecule has 1 aromatic heterocycles. The van der Waals surface area contributed by atoms with E-state index < -0.39 is 18.4 Å². The van der Waals surface area contributed by atoms with Gasteiger partial charge in [-0.2, -0.15) is 13.2 Å². The molecule has 0 aliphatic heterocycles. The van der Waals surface area contributed by atoms with Gasteiger partial charge in [-0.05, 0) is 31.8 Å². The van der Waals surface area contributed by atoms with E-state index in [0.29, 0.717) is 62.9 Å². The number of nitrogens with zero attached hydrogens (tertiary/aromatic N) is 1. The van der Waals surface area contributed by atoms with Gasteiger partial charge in [0.1, 0.15) is 12.4 Å². The summed E-state index contributed by atoms with van der Waals surface area (Å²) in [6.07, 6.45) is -4.46. The fourth-order valence-corrected chi connectivity index (χ4v) is 3.10. The molecule has 9 nitrogen and oxygen atoms in total. The number of rotatable bonds is 17. The summed E-state index contributed by atoms with van der Waals surface area (Å²) in [5.41, 5.74) is 1.41. The normalized spacial score (nSPS) is 12.9. The molecule has 1 atom stereocenters. The van der Waals surface area contributed by atoms with Crippen LogP contribution in [0, 0.1) is 0 Å². The van der Waals surface area contributed by atoms with Crippen molar-refractivity contribution in [3.8, 4) is 5.75 Å². The van der Waals surface area contributed by atoms with Gasteiger partial charge in [0.15, 0.2) is 6.23 Å². The molecule has 2 rings (SSSR count). The molecule has 1 unspecified atom stereocenters. The lowest BCUT2D eigenvalue weighted by Gasteiger charge is -2.24. The van der Waals surface area contributed by atoms with Crippen LogP contribution in [0.25, 0.3) is 10.9 Å². The Bertz CT molecular complexity index is 890. The molecule has 0 aliphatic carbocycles. The van der Waals surface area contributed by atoms with Gasteiger partial charge in [0.05, 0.1) is 46.2 Å². The Labute approximate surface area is 202 Å². The number of H-pyrrole nitrogens is 1. The van der Waals surface area contributed by atoms with Crippen LogP contribution in [-0.2, 0) is 34.9 Å². The van der Waals surface area contributed by atoms with E-state index in [1.54, 1.807) is 25.4 Å². The summed E-state index contributed by atoms with van der Waals surface area (Å²) in [5.74, 6) is -1.68. The first kappa shape index (κ1) is 28.9. The van der Waals surface area contributed by atoms with Crippen molar-refractivity contribution in [2.24, 2.45) is 0 Å². The van der Waals surface area contributed by atoms with E-state index in [4.69, 9.17) is 23.7 Å². The van der Waals surface area contributed by atoms with Crippen molar-refractivity contribution >= 4 is 16.9 Å². The topological polar surface area (TPSA) is 91.5 Å². The van der Waals surface area contributed by atoms with Gasteiger partial charge in [-0.1, -0.05) is 6.07 Å². The Morgan fingerprint density at radius 3 is 2.14 bits per heavy atom. The molecule has 1 heterocycles. The lowest BCUT2D eigenvalue weighted by Crippen LogP contribution is -2.39. The molecule has 0 radical (unpaired) electrons. The maximum absolute atomic E-state index is 12.7. The second-order valence-corrected chi connectivity index (χ2v) is 7.70. The third-order valence-electron chi connectivity index (χ3n) is 4.86. The van der Waals surface area contributed by atoms with E-state index in [1.165, 1.54) is 19.0 Å². The summed E-state index contributed by atoms with van der Waals surface area (Å²) in [6.45, 7) is 3.44. The molecule has 0 saturated carbocycles. The number of esters is 1. The standard InChI is InChI=1S/C23H33F3N2O7/c1-28(2)20(35-22(29)23(24,25)26)15-17-16-27-18-5-4-6-19(21(17)18)34-14-13-33-12-11-32-10-9-31-8-7-30-3/h4-6,16,20,27H,7-15H2,1-3H3. The van der Waals surface area contributed by atoms with E-state index in [1.807, 2.05) is 6.07 Å². The van der Waals surface area contributed by atoms with Gasteiger partial charge in [0.25, 0.3) is 0 Å². The van der Waals surface area contributed by atoms with Crippen molar-refractivity contribution in [2.75, 3.05) is 74.1 Å². The smallest absolute Gasteiger partial charge is 0.490 e. The second kappa shape index (κ2) is 14.9. The molecule has 0 bridgehead atoms. The average Bonchev–Trinajstić information content (AvgIpc) is 3.22. The summed E-state index contributed by atoms with van der Waals surface area (Å²) in [6, 6.07) is 5.39. The number of nitrogens with one attached hydrogen (secondary N) is 1. The highest BCUT2D eigenvalue weighted by atomic mass is 19.4. The summed E-state index contributed by atoms with van der Waals surface area (Å²) >= 11 is 0. The third kappa shape index (κ3) is 10.0. The van der Waals surface area contributed by atoms with Gasteiger partial charge >= 0.3 is 12.1 Å². The number of fused-ring (bicyclic) bond motifs is 1. The third-order valence-corrected chi connectivity index (χ3v) is 4.86. The molecule has 12 heteroatoms. The quantitative estimate of drug-likeness (QED) is 0.199. The fraction of sp³-hybridized carbons (Fsp3) is 0.609. The highest BCUT2D eigenvalue weighted by Crippen LogP contribution is 2.30. The highest BCUT2D eigenvalue weighted by Gasteiger charge is 2.42. The van der Waals surface area contributed by atoms with Gasteiger partial charge in [0, 0.05) is 30.6 Å². The van der Waals surface area contributed by atoms with Crippen LogP contribution < -0.4 is 4.74 Å². The van der Waals surface area contributed by atoms with Crippen LogP contribution >= 0.6 is 0 Å². The zero-order valence-electron chi connectivity index (χ0n) is 20.2. The number of benzene rings is 1.